The maximum absolute atomic E-state index is 3.50. The Labute approximate surface area is 86.5 Å². The standard InChI is InChI=1S/C13H19N/c1-10-4-5-12-11(8-10)6-7-14-9-13(12,2)3/h4-5,8,14H,6-7,9H2,1-3H3. The van der Waals surface area contributed by atoms with Crippen LogP contribution >= 0.6 is 0 Å². The van der Waals surface area contributed by atoms with Crippen molar-refractivity contribution in [1.82, 2.24) is 5.32 Å². The van der Waals surface area contributed by atoms with Crippen molar-refractivity contribution in [2.75, 3.05) is 13.1 Å². The summed E-state index contributed by atoms with van der Waals surface area (Å²) in [4.78, 5) is 0. The lowest BCUT2D eigenvalue weighted by molar-refractivity contribution is 0.488. The van der Waals surface area contributed by atoms with Gasteiger partial charge in [0.05, 0.1) is 0 Å². The predicted molar refractivity (Wildman–Crippen MR) is 60.8 cm³/mol. The minimum Gasteiger partial charge on any atom is -0.316 e. The molecular formula is C13H19N. The number of hydrogen-bond donors (Lipinski definition) is 1. The fourth-order valence-electron chi connectivity index (χ4n) is 2.31. The summed E-state index contributed by atoms with van der Waals surface area (Å²) in [5, 5.41) is 3.50. The van der Waals surface area contributed by atoms with Crippen LogP contribution in [-0.2, 0) is 11.8 Å². The monoisotopic (exact) mass is 189 g/mol. The average Bonchev–Trinajstić information content (AvgIpc) is 2.25. The molecule has 1 aliphatic heterocycles. The molecule has 0 amide bonds. The van der Waals surface area contributed by atoms with E-state index in [0.717, 1.165) is 13.1 Å². The molecule has 0 atom stereocenters. The van der Waals surface area contributed by atoms with E-state index in [9.17, 15) is 0 Å². The molecule has 0 spiro atoms. The molecule has 1 aromatic rings. The van der Waals surface area contributed by atoms with Gasteiger partial charge in [-0.1, -0.05) is 37.6 Å². The third kappa shape index (κ3) is 1.69. The summed E-state index contributed by atoms with van der Waals surface area (Å²) in [5.41, 5.74) is 4.70. The van der Waals surface area contributed by atoms with Crippen LogP contribution in [0.3, 0.4) is 0 Å². The van der Waals surface area contributed by atoms with Crippen molar-refractivity contribution in [1.29, 1.82) is 0 Å². The van der Waals surface area contributed by atoms with E-state index in [1.807, 2.05) is 0 Å². The van der Waals surface area contributed by atoms with Gasteiger partial charge in [-0.25, -0.2) is 0 Å². The molecule has 1 N–H and O–H groups in total. The first-order valence-electron chi connectivity index (χ1n) is 5.40. The van der Waals surface area contributed by atoms with Gasteiger partial charge in [-0.05, 0) is 31.0 Å². The second-order valence-electron chi connectivity index (χ2n) is 4.97. The molecule has 1 aliphatic rings. The number of aryl methyl sites for hydroxylation is 1. The minimum atomic E-state index is 0.277. The summed E-state index contributed by atoms with van der Waals surface area (Å²) in [6, 6.07) is 6.87. The first kappa shape index (κ1) is 9.72. The third-order valence-electron chi connectivity index (χ3n) is 3.13. The fourth-order valence-corrected chi connectivity index (χ4v) is 2.31. The van der Waals surface area contributed by atoms with Crippen LogP contribution in [0.15, 0.2) is 18.2 Å². The predicted octanol–water partition coefficient (Wildman–Crippen LogP) is 2.42. The van der Waals surface area contributed by atoms with Crippen molar-refractivity contribution < 1.29 is 0 Å². The molecule has 1 heterocycles. The van der Waals surface area contributed by atoms with Crippen molar-refractivity contribution >= 4 is 0 Å². The van der Waals surface area contributed by atoms with E-state index in [4.69, 9.17) is 0 Å². The summed E-state index contributed by atoms with van der Waals surface area (Å²) in [6.07, 6.45) is 1.17. The van der Waals surface area contributed by atoms with E-state index in [1.54, 1.807) is 0 Å². The van der Waals surface area contributed by atoms with Gasteiger partial charge >= 0.3 is 0 Å². The van der Waals surface area contributed by atoms with Crippen LogP contribution in [0.25, 0.3) is 0 Å². The van der Waals surface area contributed by atoms with E-state index in [2.05, 4.69) is 44.3 Å². The van der Waals surface area contributed by atoms with Crippen LogP contribution in [0.2, 0.25) is 0 Å². The van der Waals surface area contributed by atoms with E-state index in [1.165, 1.54) is 23.1 Å². The van der Waals surface area contributed by atoms with Crippen LogP contribution < -0.4 is 5.32 Å². The Balaban J connectivity index is 2.50. The zero-order valence-corrected chi connectivity index (χ0v) is 9.35. The average molecular weight is 189 g/mol. The molecule has 14 heavy (non-hydrogen) atoms. The summed E-state index contributed by atoms with van der Waals surface area (Å²) >= 11 is 0. The highest BCUT2D eigenvalue weighted by Gasteiger charge is 2.25. The van der Waals surface area contributed by atoms with Crippen LogP contribution in [-0.4, -0.2) is 13.1 Å². The molecule has 0 fully saturated rings. The van der Waals surface area contributed by atoms with Crippen LogP contribution in [0.4, 0.5) is 0 Å². The SMILES string of the molecule is Cc1ccc2c(c1)CCNCC2(C)C. The van der Waals surface area contributed by atoms with E-state index in [-0.39, 0.29) is 5.41 Å². The zero-order chi connectivity index (χ0) is 10.2. The van der Waals surface area contributed by atoms with Gasteiger partial charge in [0.15, 0.2) is 0 Å². The first-order chi connectivity index (χ1) is 6.59. The topological polar surface area (TPSA) is 12.0 Å². The van der Waals surface area contributed by atoms with Gasteiger partial charge in [-0.2, -0.15) is 0 Å². The normalized spacial score (nSPS) is 19.9. The summed E-state index contributed by atoms with van der Waals surface area (Å²) < 4.78 is 0. The molecule has 0 saturated heterocycles. The Kier molecular flexibility index (Phi) is 2.36. The van der Waals surface area contributed by atoms with Crippen LogP contribution in [0.5, 0.6) is 0 Å². The van der Waals surface area contributed by atoms with E-state index >= 15 is 0 Å². The largest absolute Gasteiger partial charge is 0.316 e. The lowest BCUT2D eigenvalue weighted by Gasteiger charge is -2.25. The second kappa shape index (κ2) is 3.39. The number of rotatable bonds is 0. The van der Waals surface area contributed by atoms with Crippen molar-refractivity contribution in [3.63, 3.8) is 0 Å². The summed E-state index contributed by atoms with van der Waals surface area (Å²) in [7, 11) is 0. The number of fused-ring (bicyclic) bond motifs is 1. The molecule has 1 heteroatoms. The lowest BCUT2D eigenvalue weighted by atomic mass is 9.81. The number of benzene rings is 1. The quantitative estimate of drug-likeness (QED) is 0.661. The van der Waals surface area contributed by atoms with Gasteiger partial charge in [0.2, 0.25) is 0 Å². The smallest absolute Gasteiger partial charge is 0.00434 e. The maximum atomic E-state index is 3.50. The first-order valence-corrected chi connectivity index (χ1v) is 5.40. The van der Waals surface area contributed by atoms with Gasteiger partial charge in [0, 0.05) is 12.0 Å². The van der Waals surface area contributed by atoms with Gasteiger partial charge in [0.1, 0.15) is 0 Å². The van der Waals surface area contributed by atoms with Gasteiger partial charge in [-0.15, -0.1) is 0 Å². The van der Waals surface area contributed by atoms with Gasteiger partial charge in [-0.3, -0.25) is 0 Å². The highest BCUT2D eigenvalue weighted by molar-refractivity contribution is 5.37. The van der Waals surface area contributed by atoms with Gasteiger partial charge < -0.3 is 5.32 Å². The van der Waals surface area contributed by atoms with E-state index < -0.39 is 0 Å². The van der Waals surface area contributed by atoms with Gasteiger partial charge in [0.25, 0.3) is 0 Å². The van der Waals surface area contributed by atoms with Crippen LogP contribution in [0, 0.1) is 6.92 Å². The fraction of sp³-hybridized carbons (Fsp3) is 0.538. The Morgan fingerprint density at radius 2 is 2.07 bits per heavy atom. The molecule has 0 saturated carbocycles. The Morgan fingerprint density at radius 3 is 2.86 bits per heavy atom. The second-order valence-corrected chi connectivity index (χ2v) is 4.97. The molecule has 1 aromatic carbocycles. The van der Waals surface area contributed by atoms with E-state index in [0.29, 0.717) is 0 Å². The maximum Gasteiger partial charge on any atom is 0.00434 e. The summed E-state index contributed by atoms with van der Waals surface area (Å²) in [5.74, 6) is 0. The number of hydrogen-bond acceptors (Lipinski definition) is 1. The molecule has 2 rings (SSSR count). The van der Waals surface area contributed by atoms with Crippen molar-refractivity contribution in [2.24, 2.45) is 0 Å². The third-order valence-corrected chi connectivity index (χ3v) is 3.13. The Bertz CT molecular complexity index is 339. The molecular weight excluding hydrogens is 170 g/mol. The lowest BCUT2D eigenvalue weighted by Crippen LogP contribution is -2.31. The van der Waals surface area contributed by atoms with Crippen molar-refractivity contribution in [3.05, 3.63) is 34.9 Å². The van der Waals surface area contributed by atoms with Crippen LogP contribution in [0.1, 0.15) is 30.5 Å². The van der Waals surface area contributed by atoms with Crippen molar-refractivity contribution in [3.8, 4) is 0 Å². The molecule has 0 bridgehead atoms. The molecule has 76 valence electrons. The highest BCUT2D eigenvalue weighted by Crippen LogP contribution is 2.28. The number of nitrogens with one attached hydrogen (secondary N) is 1. The molecule has 0 unspecified atom stereocenters. The summed E-state index contributed by atoms with van der Waals surface area (Å²) in [6.45, 7) is 9.01. The highest BCUT2D eigenvalue weighted by atomic mass is 14.9. The Hall–Kier alpha value is -0.820. The molecule has 0 aromatic heterocycles. The molecule has 1 nitrogen and oxygen atoms in total. The Morgan fingerprint density at radius 1 is 1.29 bits per heavy atom. The minimum absolute atomic E-state index is 0.277. The van der Waals surface area contributed by atoms with Crippen molar-refractivity contribution in [2.45, 2.75) is 32.6 Å². The zero-order valence-electron chi connectivity index (χ0n) is 9.35. The molecule has 0 radical (unpaired) electrons. The molecule has 0 aliphatic carbocycles.